The van der Waals surface area contributed by atoms with Crippen LogP contribution < -0.4 is 9.88 Å². The number of methoxy groups -OCH3 is 1. The predicted molar refractivity (Wildman–Crippen MR) is 98.9 cm³/mol. The third-order valence-corrected chi connectivity index (χ3v) is 5.18. The Hall–Kier alpha value is -2.86. The Morgan fingerprint density at radius 3 is 2.30 bits per heavy atom. The summed E-state index contributed by atoms with van der Waals surface area (Å²) in [6.45, 7) is 0.755. The minimum Gasteiger partial charge on any atom is -0.496 e. The number of nitrogens with zero attached hydrogens (tertiary/aromatic N) is 1. The van der Waals surface area contributed by atoms with Crippen molar-refractivity contribution in [1.29, 1.82) is 0 Å². The summed E-state index contributed by atoms with van der Waals surface area (Å²) in [6, 6.07) is 4.55. The van der Waals surface area contributed by atoms with Crippen LogP contribution in [0.4, 0.5) is 13.2 Å². The fraction of sp³-hybridized carbons (Fsp3) is 0.333. The molecule has 1 heterocycles. The van der Waals surface area contributed by atoms with Crippen LogP contribution in [0.2, 0.25) is 0 Å². The van der Waals surface area contributed by atoms with E-state index in [1.54, 1.807) is 0 Å². The molecule has 2 rings (SSSR count). The van der Waals surface area contributed by atoms with Crippen molar-refractivity contribution in [3.8, 4) is 5.75 Å². The molecule has 0 unspecified atom stereocenters. The number of carbonyl (C=O) groups excluding carboxylic acids is 2. The lowest BCUT2D eigenvalue weighted by molar-refractivity contribution is -0.141. The number of carbonyl (C=O) groups is 2. The smallest absolute Gasteiger partial charge is 0.406 e. The Bertz CT molecular complexity index is 1090. The molecule has 0 aliphatic carbocycles. The van der Waals surface area contributed by atoms with Gasteiger partial charge in [-0.1, -0.05) is 0 Å². The lowest BCUT2D eigenvalue weighted by Gasteiger charge is -2.12. The Morgan fingerprint density at radius 2 is 1.77 bits per heavy atom. The van der Waals surface area contributed by atoms with Gasteiger partial charge in [0.05, 0.1) is 12.0 Å². The highest BCUT2D eigenvalue weighted by atomic mass is 32.2. The van der Waals surface area contributed by atoms with Crippen molar-refractivity contribution >= 4 is 21.8 Å². The van der Waals surface area contributed by atoms with Gasteiger partial charge in [-0.05, 0) is 38.1 Å². The molecule has 0 spiro atoms. The highest BCUT2D eigenvalue weighted by Gasteiger charge is 2.30. The van der Waals surface area contributed by atoms with E-state index in [0.29, 0.717) is 0 Å². The number of primary sulfonamides is 1. The first-order chi connectivity index (χ1) is 13.7. The summed E-state index contributed by atoms with van der Waals surface area (Å²) in [5, 5.41) is 5.04. The first kappa shape index (κ1) is 23.4. The zero-order valence-electron chi connectivity index (χ0n) is 16.2. The second-order valence-corrected chi connectivity index (χ2v) is 7.95. The molecule has 30 heavy (non-hydrogen) atoms. The van der Waals surface area contributed by atoms with Crippen LogP contribution >= 0.6 is 0 Å². The third kappa shape index (κ3) is 5.39. The Labute approximate surface area is 170 Å². The van der Waals surface area contributed by atoms with Gasteiger partial charge >= 0.3 is 12.1 Å². The summed E-state index contributed by atoms with van der Waals surface area (Å²) in [5.74, 6) is -1.79. The highest BCUT2D eigenvalue weighted by Crippen LogP contribution is 2.25. The first-order valence-electron chi connectivity index (χ1n) is 8.39. The molecule has 0 atom stereocenters. The van der Waals surface area contributed by atoms with Gasteiger partial charge in [0.1, 0.15) is 17.9 Å². The number of rotatable bonds is 7. The minimum absolute atomic E-state index is 0.0109. The summed E-state index contributed by atoms with van der Waals surface area (Å²) in [7, 11) is -2.87. The summed E-state index contributed by atoms with van der Waals surface area (Å²) in [5.41, 5.74) is 0.0101. The second-order valence-electron chi connectivity index (χ2n) is 6.39. The van der Waals surface area contributed by atoms with Crippen LogP contribution in [0.1, 0.15) is 32.1 Å². The van der Waals surface area contributed by atoms with Crippen LogP contribution in [0, 0.1) is 13.8 Å². The van der Waals surface area contributed by atoms with Gasteiger partial charge in [-0.25, -0.2) is 18.4 Å². The van der Waals surface area contributed by atoms with E-state index in [4.69, 9.17) is 14.6 Å². The van der Waals surface area contributed by atoms with E-state index in [9.17, 15) is 31.2 Å². The Balaban J connectivity index is 2.21. The number of Topliss-reactive ketones (excluding diaryl/α,β-unsaturated/α-hetero) is 1. The lowest BCUT2D eigenvalue weighted by atomic mass is 10.1. The average molecular weight is 448 g/mol. The van der Waals surface area contributed by atoms with E-state index in [-0.39, 0.29) is 33.2 Å². The number of esters is 1. The van der Waals surface area contributed by atoms with Crippen LogP contribution in [-0.4, -0.2) is 44.6 Å². The van der Waals surface area contributed by atoms with Gasteiger partial charge < -0.3 is 14.0 Å². The highest BCUT2D eigenvalue weighted by molar-refractivity contribution is 7.89. The number of ether oxygens (including phenoxy) is 2. The van der Waals surface area contributed by atoms with E-state index < -0.39 is 41.1 Å². The molecule has 8 nitrogen and oxygen atoms in total. The van der Waals surface area contributed by atoms with Gasteiger partial charge in [-0.15, -0.1) is 0 Å². The molecular formula is C18H19F3N2O6S. The van der Waals surface area contributed by atoms with E-state index >= 15 is 0 Å². The Morgan fingerprint density at radius 1 is 1.13 bits per heavy atom. The fourth-order valence-electron chi connectivity index (χ4n) is 2.82. The predicted octanol–water partition coefficient (Wildman–Crippen LogP) is 2.36. The van der Waals surface area contributed by atoms with Gasteiger partial charge in [0.15, 0.2) is 6.61 Å². The number of aryl methyl sites for hydroxylation is 1. The lowest BCUT2D eigenvalue weighted by Crippen LogP contribution is -2.20. The van der Waals surface area contributed by atoms with E-state index in [1.807, 2.05) is 0 Å². The largest absolute Gasteiger partial charge is 0.496 e. The molecule has 164 valence electrons. The third-order valence-electron chi connectivity index (χ3n) is 4.27. The van der Waals surface area contributed by atoms with Crippen molar-refractivity contribution < 1.29 is 40.7 Å². The molecule has 0 aliphatic heterocycles. The van der Waals surface area contributed by atoms with E-state index in [1.165, 1.54) is 33.1 Å². The number of alkyl halides is 3. The van der Waals surface area contributed by atoms with Crippen molar-refractivity contribution in [2.75, 3.05) is 13.7 Å². The summed E-state index contributed by atoms with van der Waals surface area (Å²) in [6.07, 6.45) is -4.47. The average Bonchev–Trinajstić information content (AvgIpc) is 2.91. The van der Waals surface area contributed by atoms with Crippen molar-refractivity contribution in [1.82, 2.24) is 4.57 Å². The molecular weight excluding hydrogens is 429 g/mol. The molecule has 0 aliphatic rings. The molecule has 0 bridgehead atoms. The number of halogens is 3. The second kappa shape index (κ2) is 8.48. The van der Waals surface area contributed by atoms with Gasteiger partial charge in [0.25, 0.3) is 0 Å². The number of ketones is 1. The number of aromatic nitrogens is 1. The minimum atomic E-state index is -4.47. The molecule has 1 aromatic heterocycles. The van der Waals surface area contributed by atoms with Crippen LogP contribution in [0.25, 0.3) is 0 Å². The van der Waals surface area contributed by atoms with Crippen LogP contribution in [0.3, 0.4) is 0 Å². The molecule has 1 aromatic carbocycles. The molecule has 0 saturated carbocycles. The number of benzene rings is 1. The molecule has 12 heteroatoms. The van der Waals surface area contributed by atoms with Crippen LogP contribution in [0.15, 0.2) is 29.2 Å². The van der Waals surface area contributed by atoms with Gasteiger partial charge in [0.2, 0.25) is 15.8 Å². The molecule has 0 radical (unpaired) electrons. The van der Waals surface area contributed by atoms with Gasteiger partial charge in [-0.2, -0.15) is 13.2 Å². The van der Waals surface area contributed by atoms with Crippen LogP contribution in [0.5, 0.6) is 5.75 Å². The monoisotopic (exact) mass is 448 g/mol. The summed E-state index contributed by atoms with van der Waals surface area (Å²) >= 11 is 0. The number of sulfonamides is 1. The maximum absolute atomic E-state index is 12.7. The van der Waals surface area contributed by atoms with E-state index in [2.05, 4.69) is 0 Å². The maximum Gasteiger partial charge on any atom is 0.406 e. The van der Waals surface area contributed by atoms with Gasteiger partial charge in [-0.3, -0.25) is 4.79 Å². The number of hydrogen-bond acceptors (Lipinski definition) is 6. The van der Waals surface area contributed by atoms with Crippen LogP contribution in [-0.2, 0) is 21.3 Å². The number of nitrogens with two attached hydrogens (primary N) is 1. The molecule has 0 saturated heterocycles. The van der Waals surface area contributed by atoms with Crippen molar-refractivity contribution in [2.45, 2.75) is 31.5 Å². The SMILES string of the molecule is COc1ccc(S(N)(=O)=O)cc1C(=O)OCC(=O)c1cc(C)n(CC(F)(F)F)c1C. The van der Waals surface area contributed by atoms with Crippen molar-refractivity contribution in [2.24, 2.45) is 5.14 Å². The molecule has 2 N–H and O–H groups in total. The maximum atomic E-state index is 12.7. The topological polar surface area (TPSA) is 118 Å². The normalized spacial score (nSPS) is 12.0. The molecule has 2 aromatic rings. The molecule has 0 amide bonds. The molecule has 0 fully saturated rings. The zero-order chi connectivity index (χ0) is 22.9. The summed E-state index contributed by atoms with van der Waals surface area (Å²) < 4.78 is 71.9. The first-order valence-corrected chi connectivity index (χ1v) is 9.94. The standard InChI is InChI=1S/C18H19F3N2O6S/c1-10-6-13(11(2)23(10)9-18(19,20)21)15(24)8-29-17(25)14-7-12(30(22,26)27)4-5-16(14)28-3/h4-7H,8-9H2,1-3H3,(H2,22,26,27). The van der Waals surface area contributed by atoms with Gasteiger partial charge in [0, 0.05) is 17.0 Å². The van der Waals surface area contributed by atoms with Crippen molar-refractivity contribution in [3.63, 3.8) is 0 Å². The van der Waals surface area contributed by atoms with E-state index in [0.717, 1.165) is 16.7 Å². The van der Waals surface area contributed by atoms with Crippen molar-refractivity contribution in [3.05, 3.63) is 46.8 Å². The zero-order valence-corrected chi connectivity index (χ0v) is 17.1. The summed E-state index contributed by atoms with van der Waals surface area (Å²) in [4.78, 5) is 24.4. The Kier molecular flexibility index (Phi) is 6.62. The quantitative estimate of drug-likeness (QED) is 0.513. The fourth-order valence-corrected chi connectivity index (χ4v) is 3.36. The number of hydrogen-bond donors (Lipinski definition) is 1.